The lowest BCUT2D eigenvalue weighted by Gasteiger charge is -2.04. The van der Waals surface area contributed by atoms with Gasteiger partial charge < -0.3 is 5.32 Å². The number of para-hydroxylation sites is 2. The number of hydrogen-bond donors (Lipinski definition) is 1. The number of nitrogens with zero attached hydrogens (tertiary/aromatic N) is 2. The Labute approximate surface area is 160 Å². The minimum absolute atomic E-state index is 0.190. The van der Waals surface area contributed by atoms with E-state index in [0.29, 0.717) is 27.0 Å². The van der Waals surface area contributed by atoms with Crippen molar-refractivity contribution in [3.63, 3.8) is 0 Å². The minimum atomic E-state index is -0.190. The molecule has 0 radical (unpaired) electrons. The Bertz CT molecular complexity index is 1370. The van der Waals surface area contributed by atoms with Crippen molar-refractivity contribution in [3.8, 4) is 6.07 Å². The van der Waals surface area contributed by atoms with E-state index < -0.39 is 0 Å². The summed E-state index contributed by atoms with van der Waals surface area (Å²) in [5.41, 5.74) is 4.68. The average molecular weight is 376 g/mol. The van der Waals surface area contributed by atoms with E-state index >= 15 is 0 Å². The number of anilines is 1. The van der Waals surface area contributed by atoms with Gasteiger partial charge in [-0.15, -0.1) is 0 Å². The van der Waals surface area contributed by atoms with Gasteiger partial charge in [0.15, 0.2) is 11.0 Å². The molecular formula is C21H16ClN4O+. The zero-order valence-corrected chi connectivity index (χ0v) is 15.6. The number of nitrogens with one attached hydrogen (secondary N) is 2. The molecule has 0 aliphatic carbocycles. The van der Waals surface area contributed by atoms with E-state index in [9.17, 15) is 10.1 Å². The first-order valence-corrected chi connectivity index (χ1v) is 8.81. The molecule has 2 aromatic carbocycles. The van der Waals surface area contributed by atoms with Gasteiger partial charge in [0.2, 0.25) is 0 Å². The molecule has 0 bridgehead atoms. The number of imidazole rings is 1. The fourth-order valence-electron chi connectivity index (χ4n) is 3.20. The summed E-state index contributed by atoms with van der Waals surface area (Å²) in [6.07, 6.45) is 1.63. The third-order valence-electron chi connectivity index (χ3n) is 4.74. The summed E-state index contributed by atoms with van der Waals surface area (Å²) in [5.74, 6) is 0. The SMILES string of the molecule is Cc1ccc(NC=c2c(C)c(C#N)c3[nH+]c4ccccc4n3c2=O)cc1Cl. The van der Waals surface area contributed by atoms with Gasteiger partial charge in [-0.2, -0.15) is 9.66 Å². The molecule has 4 rings (SSSR count). The second kappa shape index (κ2) is 6.42. The van der Waals surface area contributed by atoms with E-state index in [2.05, 4.69) is 16.4 Å². The molecule has 2 heterocycles. The Morgan fingerprint density at radius 3 is 2.74 bits per heavy atom. The zero-order chi connectivity index (χ0) is 19.1. The Kier molecular flexibility index (Phi) is 4.06. The van der Waals surface area contributed by atoms with Gasteiger partial charge >= 0.3 is 11.2 Å². The van der Waals surface area contributed by atoms with E-state index in [-0.39, 0.29) is 5.56 Å². The van der Waals surface area contributed by atoms with Crippen LogP contribution in [0.2, 0.25) is 5.02 Å². The highest BCUT2D eigenvalue weighted by atomic mass is 35.5. The molecule has 6 heteroatoms. The molecule has 0 spiro atoms. The summed E-state index contributed by atoms with van der Waals surface area (Å²) in [7, 11) is 0. The van der Waals surface area contributed by atoms with E-state index in [4.69, 9.17) is 11.6 Å². The highest BCUT2D eigenvalue weighted by molar-refractivity contribution is 6.31. The first-order valence-electron chi connectivity index (χ1n) is 8.43. The number of H-pyrrole nitrogens is 1. The van der Waals surface area contributed by atoms with Gasteiger partial charge in [0.25, 0.3) is 0 Å². The highest BCUT2D eigenvalue weighted by Gasteiger charge is 2.22. The topological polar surface area (TPSA) is 71.4 Å². The van der Waals surface area contributed by atoms with Crippen LogP contribution >= 0.6 is 11.6 Å². The first-order chi connectivity index (χ1) is 13.0. The summed E-state index contributed by atoms with van der Waals surface area (Å²) >= 11 is 6.17. The molecule has 0 aliphatic rings. The number of pyridine rings is 1. The molecule has 0 fully saturated rings. The molecule has 0 saturated carbocycles. The largest absolute Gasteiger partial charge is 0.361 e. The van der Waals surface area contributed by atoms with Crippen LogP contribution < -0.4 is 21.1 Å². The highest BCUT2D eigenvalue weighted by Crippen LogP contribution is 2.20. The Morgan fingerprint density at radius 1 is 1.22 bits per heavy atom. The predicted molar refractivity (Wildman–Crippen MR) is 107 cm³/mol. The van der Waals surface area contributed by atoms with Crippen molar-refractivity contribution in [2.45, 2.75) is 13.8 Å². The molecule has 5 nitrogen and oxygen atoms in total. The van der Waals surface area contributed by atoms with E-state index in [1.165, 1.54) is 0 Å². The van der Waals surface area contributed by atoms with Crippen molar-refractivity contribution in [2.75, 3.05) is 5.32 Å². The summed E-state index contributed by atoms with van der Waals surface area (Å²) in [6.45, 7) is 3.71. The molecular weight excluding hydrogens is 360 g/mol. The maximum Gasteiger partial charge on any atom is 0.348 e. The lowest BCUT2D eigenvalue weighted by Crippen LogP contribution is -2.35. The number of aromatic nitrogens is 2. The van der Waals surface area contributed by atoms with Crippen LogP contribution in [-0.2, 0) is 0 Å². The third kappa shape index (κ3) is 2.71. The van der Waals surface area contributed by atoms with E-state index in [1.807, 2.05) is 43.3 Å². The van der Waals surface area contributed by atoms with Gasteiger partial charge in [-0.1, -0.05) is 29.8 Å². The second-order valence-electron chi connectivity index (χ2n) is 6.41. The molecule has 2 aromatic heterocycles. The van der Waals surface area contributed by atoms with E-state index in [0.717, 1.165) is 22.3 Å². The van der Waals surface area contributed by atoms with Crippen LogP contribution in [0.4, 0.5) is 5.69 Å². The van der Waals surface area contributed by atoms with Crippen molar-refractivity contribution < 1.29 is 4.98 Å². The Morgan fingerprint density at radius 2 is 2.00 bits per heavy atom. The van der Waals surface area contributed by atoms with Crippen molar-refractivity contribution in [2.24, 2.45) is 0 Å². The maximum atomic E-state index is 13.2. The normalized spacial score (nSPS) is 11.9. The number of rotatable bonds is 2. The molecule has 0 amide bonds. The monoisotopic (exact) mass is 375 g/mol. The second-order valence-corrected chi connectivity index (χ2v) is 6.82. The third-order valence-corrected chi connectivity index (χ3v) is 5.14. The zero-order valence-electron chi connectivity index (χ0n) is 14.8. The number of fused-ring (bicyclic) bond motifs is 3. The van der Waals surface area contributed by atoms with Crippen LogP contribution in [0.25, 0.3) is 22.9 Å². The molecule has 0 atom stereocenters. The van der Waals surface area contributed by atoms with Crippen molar-refractivity contribution in [3.05, 3.63) is 79.8 Å². The first kappa shape index (κ1) is 17.1. The summed E-state index contributed by atoms with van der Waals surface area (Å²) in [5, 5.41) is 13.9. The van der Waals surface area contributed by atoms with Crippen molar-refractivity contribution in [1.82, 2.24) is 4.40 Å². The van der Waals surface area contributed by atoms with Gasteiger partial charge in [-0.05, 0) is 49.2 Å². The number of hydrogen-bond acceptors (Lipinski definition) is 3. The Balaban J connectivity index is 2.00. The van der Waals surface area contributed by atoms with Crippen LogP contribution in [0.1, 0.15) is 16.7 Å². The lowest BCUT2D eigenvalue weighted by molar-refractivity contribution is -0.311. The van der Waals surface area contributed by atoms with Crippen LogP contribution in [0.5, 0.6) is 0 Å². The number of benzene rings is 2. The van der Waals surface area contributed by atoms with Crippen LogP contribution in [0.3, 0.4) is 0 Å². The van der Waals surface area contributed by atoms with Crippen LogP contribution in [-0.4, -0.2) is 4.40 Å². The smallest absolute Gasteiger partial charge is 0.348 e. The standard InChI is InChI=1S/C21H15ClN4O/c1-12-7-8-14(9-17(12)22)24-11-16-13(2)15(10-23)20-25-18-5-3-4-6-19(18)26(20)21(16)27/h3-9,11,24H,1-2H3/p+1. The molecule has 2 N–H and O–H groups in total. The molecule has 0 saturated heterocycles. The van der Waals surface area contributed by atoms with Crippen LogP contribution in [0, 0.1) is 25.2 Å². The number of aryl methyl sites for hydroxylation is 1. The van der Waals surface area contributed by atoms with E-state index in [1.54, 1.807) is 23.6 Å². The number of nitriles is 1. The number of aromatic amines is 1. The fourth-order valence-corrected chi connectivity index (χ4v) is 3.38. The average Bonchev–Trinajstić information content (AvgIpc) is 3.04. The molecule has 132 valence electrons. The fraction of sp³-hybridized carbons (Fsp3) is 0.0952. The summed E-state index contributed by atoms with van der Waals surface area (Å²) < 4.78 is 1.55. The lowest BCUT2D eigenvalue weighted by atomic mass is 10.1. The molecule has 0 aliphatic heterocycles. The van der Waals surface area contributed by atoms with Gasteiger partial charge in [-0.3, -0.25) is 0 Å². The minimum Gasteiger partial charge on any atom is -0.361 e. The Hall–Kier alpha value is -3.36. The van der Waals surface area contributed by atoms with Gasteiger partial charge in [0, 0.05) is 16.9 Å². The predicted octanol–water partition coefficient (Wildman–Crippen LogP) is 2.98. The van der Waals surface area contributed by atoms with Gasteiger partial charge in [-0.25, -0.2) is 9.78 Å². The van der Waals surface area contributed by atoms with Crippen molar-refractivity contribution >= 4 is 40.2 Å². The van der Waals surface area contributed by atoms with Crippen molar-refractivity contribution in [1.29, 1.82) is 5.26 Å². The van der Waals surface area contributed by atoms with Gasteiger partial charge in [0.1, 0.15) is 11.6 Å². The molecule has 0 unspecified atom stereocenters. The molecule has 4 aromatic rings. The summed E-state index contributed by atoms with van der Waals surface area (Å²) in [6, 6.07) is 15.3. The van der Waals surface area contributed by atoms with Gasteiger partial charge in [0.05, 0.1) is 5.22 Å². The molecule has 27 heavy (non-hydrogen) atoms. The quantitative estimate of drug-likeness (QED) is 0.585. The maximum absolute atomic E-state index is 13.2. The van der Waals surface area contributed by atoms with Crippen LogP contribution in [0.15, 0.2) is 47.3 Å². The number of halogens is 1. The summed E-state index contributed by atoms with van der Waals surface area (Å²) in [4.78, 5) is 16.4.